The van der Waals surface area contributed by atoms with Crippen molar-refractivity contribution in [1.82, 2.24) is 4.90 Å². The van der Waals surface area contributed by atoms with E-state index in [0.29, 0.717) is 13.2 Å². The standard InChI is InChI=1S/C23H28BrNO3/c1-15-5-7-19(8-6-15)22-23(27-10-9-25(22)21(26)14-24)28-18(4)20-12-16(2)11-17(3)13-20/h5-8,11-13,18,22-23H,9-10,14H2,1-4H3/t18?,22-,23+/m0/s1. The Bertz CT molecular complexity index is 801. The lowest BCUT2D eigenvalue weighted by molar-refractivity contribution is -0.228. The molecule has 1 fully saturated rings. The predicted molar refractivity (Wildman–Crippen MR) is 115 cm³/mol. The topological polar surface area (TPSA) is 38.8 Å². The van der Waals surface area contributed by atoms with Gasteiger partial charge in [-0.3, -0.25) is 4.79 Å². The molecule has 0 aromatic heterocycles. The van der Waals surface area contributed by atoms with Crippen LogP contribution in [0.25, 0.3) is 0 Å². The third-order valence-electron chi connectivity index (χ3n) is 5.11. The molecule has 2 aromatic carbocycles. The highest BCUT2D eigenvalue weighted by molar-refractivity contribution is 9.09. The molecule has 2 aromatic rings. The summed E-state index contributed by atoms with van der Waals surface area (Å²) in [6.45, 7) is 9.29. The van der Waals surface area contributed by atoms with Crippen molar-refractivity contribution in [2.75, 3.05) is 18.5 Å². The molecule has 1 unspecified atom stereocenters. The zero-order valence-corrected chi connectivity index (χ0v) is 18.5. The summed E-state index contributed by atoms with van der Waals surface area (Å²) in [5, 5.41) is 0.286. The Hall–Kier alpha value is -1.69. The first-order chi connectivity index (χ1) is 13.4. The van der Waals surface area contributed by atoms with Crippen LogP contribution in [0, 0.1) is 20.8 Å². The third-order valence-corrected chi connectivity index (χ3v) is 5.59. The van der Waals surface area contributed by atoms with Crippen LogP contribution < -0.4 is 0 Å². The molecule has 1 saturated heterocycles. The number of aryl methyl sites for hydroxylation is 3. The maximum Gasteiger partial charge on any atom is 0.233 e. The van der Waals surface area contributed by atoms with E-state index >= 15 is 0 Å². The van der Waals surface area contributed by atoms with Gasteiger partial charge in [0.2, 0.25) is 5.91 Å². The van der Waals surface area contributed by atoms with Gasteiger partial charge in [0.1, 0.15) is 6.04 Å². The molecule has 0 N–H and O–H groups in total. The van der Waals surface area contributed by atoms with Gasteiger partial charge in [0.05, 0.1) is 18.0 Å². The van der Waals surface area contributed by atoms with Gasteiger partial charge in [-0.05, 0) is 38.8 Å². The van der Waals surface area contributed by atoms with Gasteiger partial charge in [0.15, 0.2) is 6.29 Å². The Morgan fingerprint density at radius 1 is 1.14 bits per heavy atom. The van der Waals surface area contributed by atoms with E-state index in [9.17, 15) is 4.79 Å². The Balaban J connectivity index is 1.89. The second kappa shape index (κ2) is 9.21. The first-order valence-corrected chi connectivity index (χ1v) is 10.8. The lowest BCUT2D eigenvalue weighted by atomic mass is 10.0. The molecule has 0 spiro atoms. The summed E-state index contributed by atoms with van der Waals surface area (Å²) in [4.78, 5) is 14.4. The van der Waals surface area contributed by atoms with E-state index in [0.717, 1.165) is 11.1 Å². The summed E-state index contributed by atoms with van der Waals surface area (Å²) in [5.41, 5.74) is 5.74. The molecule has 0 bridgehead atoms. The van der Waals surface area contributed by atoms with Gasteiger partial charge in [-0.25, -0.2) is 0 Å². The fourth-order valence-electron chi connectivity index (χ4n) is 3.74. The average molecular weight is 446 g/mol. The number of nitrogens with zero attached hydrogens (tertiary/aromatic N) is 1. The van der Waals surface area contributed by atoms with Crippen molar-refractivity contribution in [3.8, 4) is 0 Å². The normalized spacial score (nSPS) is 20.8. The van der Waals surface area contributed by atoms with Crippen LogP contribution in [0.3, 0.4) is 0 Å². The first-order valence-electron chi connectivity index (χ1n) is 9.66. The smallest absolute Gasteiger partial charge is 0.233 e. The number of hydrogen-bond donors (Lipinski definition) is 0. The van der Waals surface area contributed by atoms with Crippen LogP contribution in [0.4, 0.5) is 0 Å². The second-order valence-corrected chi connectivity index (χ2v) is 8.08. The molecule has 1 heterocycles. The number of alkyl halides is 1. The Labute approximate surface area is 176 Å². The van der Waals surface area contributed by atoms with E-state index in [4.69, 9.17) is 9.47 Å². The molecule has 0 radical (unpaired) electrons. The molecule has 0 saturated carbocycles. The zero-order valence-electron chi connectivity index (χ0n) is 16.9. The number of hydrogen-bond acceptors (Lipinski definition) is 3. The first kappa shape index (κ1) is 21.0. The Morgan fingerprint density at radius 2 is 1.79 bits per heavy atom. The van der Waals surface area contributed by atoms with E-state index in [2.05, 4.69) is 79.2 Å². The highest BCUT2D eigenvalue weighted by Gasteiger charge is 2.37. The van der Waals surface area contributed by atoms with Crippen LogP contribution in [0.5, 0.6) is 0 Å². The number of amides is 1. The van der Waals surface area contributed by atoms with Crippen molar-refractivity contribution in [2.45, 2.75) is 46.1 Å². The number of carbonyl (C=O) groups is 1. The van der Waals surface area contributed by atoms with Gasteiger partial charge in [0, 0.05) is 6.54 Å². The molecule has 28 heavy (non-hydrogen) atoms. The molecule has 3 rings (SSSR count). The third kappa shape index (κ3) is 4.83. The Morgan fingerprint density at radius 3 is 2.39 bits per heavy atom. The fraction of sp³-hybridized carbons (Fsp3) is 0.435. The number of morpholine rings is 1. The number of halogens is 1. The van der Waals surface area contributed by atoms with Crippen molar-refractivity contribution in [1.29, 1.82) is 0 Å². The molecule has 1 aliphatic heterocycles. The Kier molecular flexibility index (Phi) is 6.91. The minimum atomic E-state index is -0.518. The van der Waals surface area contributed by atoms with Crippen LogP contribution >= 0.6 is 15.9 Å². The summed E-state index contributed by atoms with van der Waals surface area (Å²) < 4.78 is 12.4. The predicted octanol–water partition coefficient (Wildman–Crippen LogP) is 5.01. The largest absolute Gasteiger partial charge is 0.348 e. The summed E-state index contributed by atoms with van der Waals surface area (Å²) in [5.74, 6) is 0.0431. The van der Waals surface area contributed by atoms with Gasteiger partial charge < -0.3 is 14.4 Å². The van der Waals surface area contributed by atoms with Crippen LogP contribution in [0.1, 0.15) is 46.9 Å². The maximum atomic E-state index is 12.6. The summed E-state index contributed by atoms with van der Waals surface area (Å²) >= 11 is 3.31. The summed E-state index contributed by atoms with van der Waals surface area (Å²) in [6, 6.07) is 14.4. The van der Waals surface area contributed by atoms with Gasteiger partial charge in [0.25, 0.3) is 0 Å². The van der Waals surface area contributed by atoms with E-state index in [-0.39, 0.29) is 23.4 Å². The summed E-state index contributed by atoms with van der Waals surface area (Å²) in [6.07, 6.45) is -0.661. The fourth-order valence-corrected chi connectivity index (χ4v) is 4.06. The number of ether oxygens (including phenoxy) is 2. The SMILES string of the molecule is Cc1ccc([C@H]2[C@@H](OC(C)c3cc(C)cc(C)c3)OCCN2C(=O)CBr)cc1. The minimum absolute atomic E-state index is 0.0431. The van der Waals surface area contributed by atoms with Crippen LogP contribution in [0.2, 0.25) is 0 Å². The van der Waals surface area contributed by atoms with Crippen molar-refractivity contribution in [2.24, 2.45) is 0 Å². The molecule has 4 nitrogen and oxygen atoms in total. The molecule has 1 amide bonds. The van der Waals surface area contributed by atoms with E-state index in [1.165, 1.54) is 16.7 Å². The van der Waals surface area contributed by atoms with E-state index in [1.54, 1.807) is 0 Å². The molecular formula is C23H28BrNO3. The molecule has 1 aliphatic rings. The van der Waals surface area contributed by atoms with Gasteiger partial charge in [-0.1, -0.05) is 75.1 Å². The van der Waals surface area contributed by atoms with E-state index in [1.807, 2.05) is 11.8 Å². The molecule has 150 valence electrons. The van der Waals surface area contributed by atoms with Gasteiger partial charge in [-0.2, -0.15) is 0 Å². The number of carbonyl (C=O) groups excluding carboxylic acids is 1. The van der Waals surface area contributed by atoms with Crippen LogP contribution in [-0.2, 0) is 14.3 Å². The highest BCUT2D eigenvalue weighted by atomic mass is 79.9. The highest BCUT2D eigenvalue weighted by Crippen LogP contribution is 2.34. The maximum absolute atomic E-state index is 12.6. The molecular weight excluding hydrogens is 418 g/mol. The second-order valence-electron chi connectivity index (χ2n) is 7.51. The van der Waals surface area contributed by atoms with Crippen LogP contribution in [0.15, 0.2) is 42.5 Å². The monoisotopic (exact) mass is 445 g/mol. The summed E-state index contributed by atoms with van der Waals surface area (Å²) in [7, 11) is 0. The molecule has 5 heteroatoms. The van der Waals surface area contributed by atoms with Crippen molar-refractivity contribution >= 4 is 21.8 Å². The number of rotatable bonds is 5. The van der Waals surface area contributed by atoms with Gasteiger partial charge >= 0.3 is 0 Å². The zero-order chi connectivity index (χ0) is 20.3. The minimum Gasteiger partial charge on any atom is -0.348 e. The molecule has 3 atom stereocenters. The van der Waals surface area contributed by atoms with Crippen molar-refractivity contribution < 1.29 is 14.3 Å². The van der Waals surface area contributed by atoms with Crippen molar-refractivity contribution in [3.05, 3.63) is 70.3 Å². The van der Waals surface area contributed by atoms with Crippen molar-refractivity contribution in [3.63, 3.8) is 0 Å². The number of benzene rings is 2. The molecule has 0 aliphatic carbocycles. The van der Waals surface area contributed by atoms with Gasteiger partial charge in [-0.15, -0.1) is 0 Å². The average Bonchev–Trinajstić information content (AvgIpc) is 2.67. The lowest BCUT2D eigenvalue weighted by Gasteiger charge is -2.42. The van der Waals surface area contributed by atoms with Crippen LogP contribution in [-0.4, -0.2) is 35.6 Å². The quantitative estimate of drug-likeness (QED) is 0.607. The lowest BCUT2D eigenvalue weighted by Crippen LogP contribution is -2.49. The van der Waals surface area contributed by atoms with E-state index < -0.39 is 6.29 Å².